The van der Waals surface area contributed by atoms with Crippen molar-refractivity contribution in [2.75, 3.05) is 26.9 Å². The maximum Gasteiger partial charge on any atom is 0.387 e. The van der Waals surface area contributed by atoms with Gasteiger partial charge in [0.2, 0.25) is 0 Å². The van der Waals surface area contributed by atoms with Crippen LogP contribution in [-0.2, 0) is 11.3 Å². The first kappa shape index (κ1) is 16.9. The minimum atomic E-state index is -2.92. The first-order valence-electron chi connectivity index (χ1n) is 7.15. The van der Waals surface area contributed by atoms with Gasteiger partial charge in [-0.25, -0.2) is 0 Å². The third-order valence-corrected chi connectivity index (χ3v) is 3.68. The van der Waals surface area contributed by atoms with Crippen LogP contribution in [0.4, 0.5) is 8.78 Å². The summed E-state index contributed by atoms with van der Waals surface area (Å²) in [7, 11) is 1.40. The van der Waals surface area contributed by atoms with Crippen molar-refractivity contribution in [1.29, 1.82) is 0 Å². The van der Waals surface area contributed by atoms with Gasteiger partial charge in [-0.2, -0.15) is 8.78 Å². The van der Waals surface area contributed by atoms with Crippen molar-refractivity contribution in [3.05, 3.63) is 23.8 Å². The van der Waals surface area contributed by atoms with Crippen LogP contribution in [0.3, 0.4) is 0 Å². The average Bonchev–Trinajstić information content (AvgIpc) is 2.49. The summed E-state index contributed by atoms with van der Waals surface area (Å²) in [5, 5.41) is 13.4. The number of hydrogen-bond acceptors (Lipinski definition) is 5. The van der Waals surface area contributed by atoms with E-state index < -0.39 is 12.2 Å². The van der Waals surface area contributed by atoms with Crippen LogP contribution in [0.25, 0.3) is 0 Å². The van der Waals surface area contributed by atoms with Crippen LogP contribution in [0.1, 0.15) is 18.4 Å². The monoisotopic (exact) mass is 317 g/mol. The van der Waals surface area contributed by atoms with E-state index in [9.17, 15) is 13.9 Å². The topological polar surface area (TPSA) is 60.0 Å². The Kier molecular flexibility index (Phi) is 5.93. The second-order valence-electron chi connectivity index (χ2n) is 5.27. The van der Waals surface area contributed by atoms with Gasteiger partial charge in [0.1, 0.15) is 0 Å². The summed E-state index contributed by atoms with van der Waals surface area (Å²) in [4.78, 5) is 0. The summed E-state index contributed by atoms with van der Waals surface area (Å²) in [5.41, 5.74) is -0.267. The molecule has 0 bridgehead atoms. The molecule has 0 atom stereocenters. The Bertz CT molecular complexity index is 479. The number of ether oxygens (including phenoxy) is 3. The molecular formula is C15H21F2NO4. The van der Waals surface area contributed by atoms with Crippen LogP contribution in [-0.4, -0.2) is 44.2 Å². The van der Waals surface area contributed by atoms with E-state index in [2.05, 4.69) is 10.1 Å². The quantitative estimate of drug-likeness (QED) is 0.805. The Labute approximate surface area is 128 Å². The Morgan fingerprint density at radius 1 is 1.36 bits per heavy atom. The van der Waals surface area contributed by atoms with Crippen LogP contribution in [0.2, 0.25) is 0 Å². The van der Waals surface area contributed by atoms with Crippen molar-refractivity contribution in [3.63, 3.8) is 0 Å². The van der Waals surface area contributed by atoms with E-state index in [-0.39, 0.29) is 11.5 Å². The number of methoxy groups -OCH3 is 1. The predicted molar refractivity (Wildman–Crippen MR) is 76.3 cm³/mol. The first-order chi connectivity index (χ1) is 10.5. The molecule has 1 heterocycles. The molecule has 0 saturated carbocycles. The number of halogens is 2. The number of rotatable bonds is 7. The molecule has 1 saturated heterocycles. The van der Waals surface area contributed by atoms with E-state index in [1.54, 1.807) is 18.2 Å². The van der Waals surface area contributed by atoms with Gasteiger partial charge in [-0.3, -0.25) is 0 Å². The van der Waals surface area contributed by atoms with Gasteiger partial charge < -0.3 is 24.6 Å². The highest BCUT2D eigenvalue weighted by molar-refractivity contribution is 5.46. The van der Waals surface area contributed by atoms with Crippen molar-refractivity contribution in [2.45, 2.75) is 31.6 Å². The molecule has 7 heteroatoms. The minimum Gasteiger partial charge on any atom is -0.493 e. The Hall–Kier alpha value is -1.44. The molecule has 1 aromatic rings. The molecule has 0 radical (unpaired) electrons. The fourth-order valence-corrected chi connectivity index (χ4v) is 2.44. The molecule has 2 N–H and O–H groups in total. The number of para-hydroxylation sites is 1. The lowest BCUT2D eigenvalue weighted by molar-refractivity contribution is -0.0622. The summed E-state index contributed by atoms with van der Waals surface area (Å²) >= 11 is 0. The maximum absolute atomic E-state index is 12.5. The molecular weight excluding hydrogens is 296 g/mol. The second kappa shape index (κ2) is 7.71. The van der Waals surface area contributed by atoms with Gasteiger partial charge in [-0.1, -0.05) is 12.1 Å². The molecule has 22 heavy (non-hydrogen) atoms. The van der Waals surface area contributed by atoms with E-state index in [1.165, 1.54) is 7.11 Å². The normalized spacial score (nSPS) is 17.5. The molecule has 0 amide bonds. The largest absolute Gasteiger partial charge is 0.493 e. The summed E-state index contributed by atoms with van der Waals surface area (Å²) in [6.45, 7) is -1.21. The minimum absolute atomic E-state index is 0.0199. The molecule has 2 rings (SSSR count). The van der Waals surface area contributed by atoms with Gasteiger partial charge in [0.25, 0.3) is 0 Å². The molecule has 124 valence electrons. The summed E-state index contributed by atoms with van der Waals surface area (Å²) in [6, 6.07) is 4.95. The number of benzene rings is 1. The van der Waals surface area contributed by atoms with Gasteiger partial charge in [0.15, 0.2) is 11.5 Å². The maximum atomic E-state index is 12.5. The lowest BCUT2D eigenvalue weighted by Gasteiger charge is -2.32. The lowest BCUT2D eigenvalue weighted by Crippen LogP contribution is -2.44. The number of hydrogen-bond donors (Lipinski definition) is 2. The van der Waals surface area contributed by atoms with Crippen molar-refractivity contribution in [1.82, 2.24) is 5.32 Å². The Morgan fingerprint density at radius 3 is 2.73 bits per heavy atom. The van der Waals surface area contributed by atoms with Crippen molar-refractivity contribution in [2.24, 2.45) is 0 Å². The summed E-state index contributed by atoms with van der Waals surface area (Å²) in [6.07, 6.45) is 1.11. The molecule has 0 spiro atoms. The predicted octanol–water partition coefficient (Wildman–Crippen LogP) is 1.93. The fraction of sp³-hybridized carbons (Fsp3) is 0.600. The van der Waals surface area contributed by atoms with Gasteiger partial charge >= 0.3 is 6.61 Å². The first-order valence-corrected chi connectivity index (χ1v) is 7.15. The molecule has 1 aliphatic rings. The Morgan fingerprint density at radius 2 is 2.09 bits per heavy atom. The molecule has 0 aliphatic carbocycles. The fourth-order valence-electron chi connectivity index (χ4n) is 2.44. The smallest absolute Gasteiger partial charge is 0.387 e. The standard InChI is InChI=1S/C15H21F2NO4/c1-20-12-4-2-3-11(13(12)22-14(16)17)9-18-10-15(19)5-7-21-8-6-15/h2-4,14,18-19H,5-10H2,1H3. The third-order valence-electron chi connectivity index (χ3n) is 3.68. The van der Waals surface area contributed by atoms with Gasteiger partial charge in [0, 0.05) is 44.7 Å². The van der Waals surface area contributed by atoms with Crippen molar-refractivity contribution in [3.8, 4) is 11.5 Å². The summed E-state index contributed by atoms with van der Waals surface area (Å²) < 4.78 is 39.9. The molecule has 1 fully saturated rings. The zero-order valence-corrected chi connectivity index (χ0v) is 12.5. The van der Waals surface area contributed by atoms with E-state index in [0.717, 1.165) is 0 Å². The molecule has 0 aromatic heterocycles. The lowest BCUT2D eigenvalue weighted by atomic mass is 9.94. The van der Waals surface area contributed by atoms with Gasteiger partial charge in [-0.05, 0) is 6.07 Å². The van der Waals surface area contributed by atoms with Crippen LogP contribution in [0.5, 0.6) is 11.5 Å². The van der Waals surface area contributed by atoms with Crippen molar-refractivity contribution < 1.29 is 28.1 Å². The number of nitrogens with one attached hydrogen (secondary N) is 1. The highest BCUT2D eigenvalue weighted by atomic mass is 19.3. The highest BCUT2D eigenvalue weighted by Gasteiger charge is 2.29. The van der Waals surface area contributed by atoms with Gasteiger partial charge in [0.05, 0.1) is 12.7 Å². The van der Waals surface area contributed by atoms with E-state index in [1.807, 2.05) is 0 Å². The number of aliphatic hydroxyl groups is 1. The molecule has 1 aromatic carbocycles. The SMILES string of the molecule is COc1cccc(CNCC2(O)CCOCC2)c1OC(F)F. The molecule has 0 unspecified atom stereocenters. The van der Waals surface area contributed by atoms with Crippen LogP contribution >= 0.6 is 0 Å². The summed E-state index contributed by atoms with van der Waals surface area (Å²) in [5.74, 6) is 0.274. The second-order valence-corrected chi connectivity index (χ2v) is 5.27. The highest BCUT2D eigenvalue weighted by Crippen LogP contribution is 2.32. The number of alkyl halides is 2. The van der Waals surface area contributed by atoms with Crippen LogP contribution in [0, 0.1) is 0 Å². The van der Waals surface area contributed by atoms with Crippen LogP contribution < -0.4 is 14.8 Å². The van der Waals surface area contributed by atoms with E-state index >= 15 is 0 Å². The van der Waals surface area contributed by atoms with Crippen molar-refractivity contribution >= 4 is 0 Å². The van der Waals surface area contributed by atoms with Crippen LogP contribution in [0.15, 0.2) is 18.2 Å². The zero-order chi connectivity index (χ0) is 16.0. The van der Waals surface area contributed by atoms with E-state index in [0.29, 0.717) is 44.7 Å². The third kappa shape index (κ3) is 4.53. The van der Waals surface area contributed by atoms with Gasteiger partial charge in [-0.15, -0.1) is 0 Å². The zero-order valence-electron chi connectivity index (χ0n) is 12.5. The molecule has 1 aliphatic heterocycles. The Balaban J connectivity index is 1.99. The van der Waals surface area contributed by atoms with E-state index in [4.69, 9.17) is 9.47 Å². The molecule has 5 nitrogen and oxygen atoms in total. The average molecular weight is 317 g/mol.